The number of nitrogens with zero attached hydrogens (tertiary/aromatic N) is 6. The zero-order valence-electron chi connectivity index (χ0n) is 15.3. The second-order valence-corrected chi connectivity index (χ2v) is 7.33. The third-order valence-corrected chi connectivity index (χ3v) is 5.74. The summed E-state index contributed by atoms with van der Waals surface area (Å²) in [6.45, 7) is 4.35. The molecule has 1 aliphatic rings. The monoisotopic (exact) mass is 382 g/mol. The molecule has 3 aromatic heterocycles. The molecule has 4 heterocycles. The van der Waals surface area contributed by atoms with Gasteiger partial charge in [-0.1, -0.05) is 6.92 Å². The van der Waals surface area contributed by atoms with Gasteiger partial charge >= 0.3 is 0 Å². The quantitative estimate of drug-likeness (QED) is 0.685. The minimum atomic E-state index is -0.135. The summed E-state index contributed by atoms with van der Waals surface area (Å²) >= 11 is 1.29. The van der Waals surface area contributed by atoms with Crippen LogP contribution >= 0.6 is 11.3 Å². The molecule has 0 unspecified atom stereocenters. The van der Waals surface area contributed by atoms with Crippen molar-refractivity contribution in [1.29, 1.82) is 0 Å². The molecule has 1 amide bonds. The molecule has 0 radical (unpaired) electrons. The van der Waals surface area contributed by atoms with Gasteiger partial charge in [0.15, 0.2) is 10.8 Å². The van der Waals surface area contributed by atoms with Gasteiger partial charge in [0, 0.05) is 19.4 Å². The summed E-state index contributed by atoms with van der Waals surface area (Å²) in [5.41, 5.74) is 1.90. The van der Waals surface area contributed by atoms with E-state index in [4.69, 9.17) is 0 Å². The summed E-state index contributed by atoms with van der Waals surface area (Å²) < 4.78 is 1.52. The van der Waals surface area contributed by atoms with Crippen molar-refractivity contribution in [2.24, 2.45) is 7.05 Å². The number of aryl methyl sites for hydroxylation is 2. The maximum atomic E-state index is 13.1. The van der Waals surface area contributed by atoms with E-state index in [9.17, 15) is 9.59 Å². The Labute approximate surface area is 159 Å². The van der Waals surface area contributed by atoms with Crippen molar-refractivity contribution >= 4 is 17.2 Å². The smallest absolute Gasteiger partial charge is 0.266 e. The fourth-order valence-corrected chi connectivity index (χ4v) is 4.15. The van der Waals surface area contributed by atoms with Crippen LogP contribution in [-0.4, -0.2) is 35.3 Å². The van der Waals surface area contributed by atoms with Gasteiger partial charge in [0.2, 0.25) is 0 Å². The maximum Gasteiger partial charge on any atom is 0.266 e. The number of amides is 1. The molecular weight excluding hydrogens is 364 g/mol. The number of hydrogen-bond donors (Lipinski definition) is 0. The van der Waals surface area contributed by atoms with Crippen molar-refractivity contribution in [3.05, 3.63) is 56.5 Å². The summed E-state index contributed by atoms with van der Waals surface area (Å²) in [5.74, 6) is 1.01. The first-order valence-corrected chi connectivity index (χ1v) is 9.43. The molecule has 9 heteroatoms. The number of carbonyl (C=O) groups is 1. The highest BCUT2D eigenvalue weighted by Gasteiger charge is 2.31. The molecule has 0 spiro atoms. The third-order valence-electron chi connectivity index (χ3n) is 4.65. The van der Waals surface area contributed by atoms with Crippen LogP contribution in [0, 0.1) is 6.92 Å². The molecular formula is C18H18N6O2S. The Morgan fingerprint density at radius 1 is 1.22 bits per heavy atom. The summed E-state index contributed by atoms with van der Waals surface area (Å²) in [7, 11) is 1.69. The lowest BCUT2D eigenvalue weighted by molar-refractivity contribution is 0.0753. The SMILES string of the molecule is CCc1nc(-c2ncccn2)sc1C(=O)N1Cc2nc(C)n(C)c(=O)c2C1. The molecule has 27 heavy (non-hydrogen) atoms. The van der Waals surface area contributed by atoms with E-state index in [1.165, 1.54) is 15.9 Å². The first kappa shape index (κ1) is 17.5. The van der Waals surface area contributed by atoms with E-state index in [2.05, 4.69) is 19.9 Å². The van der Waals surface area contributed by atoms with Gasteiger partial charge in [-0.2, -0.15) is 0 Å². The molecule has 0 aromatic carbocycles. The Balaban J connectivity index is 1.67. The second kappa shape index (κ2) is 6.66. The van der Waals surface area contributed by atoms with E-state index in [1.54, 1.807) is 37.3 Å². The summed E-state index contributed by atoms with van der Waals surface area (Å²) in [5, 5.41) is 0.623. The van der Waals surface area contributed by atoms with Crippen molar-refractivity contribution in [3.63, 3.8) is 0 Å². The average Bonchev–Trinajstić information content (AvgIpc) is 3.31. The number of hydrogen-bond acceptors (Lipinski definition) is 7. The minimum absolute atomic E-state index is 0.0915. The lowest BCUT2D eigenvalue weighted by atomic mass is 10.2. The third kappa shape index (κ3) is 2.93. The molecule has 0 saturated heterocycles. The highest BCUT2D eigenvalue weighted by Crippen LogP contribution is 2.29. The van der Waals surface area contributed by atoms with E-state index < -0.39 is 0 Å². The molecule has 0 N–H and O–H groups in total. The van der Waals surface area contributed by atoms with Crippen molar-refractivity contribution in [3.8, 4) is 10.8 Å². The molecule has 0 atom stereocenters. The lowest BCUT2D eigenvalue weighted by Gasteiger charge is -2.14. The van der Waals surface area contributed by atoms with Crippen molar-refractivity contribution in [2.75, 3.05) is 0 Å². The number of aromatic nitrogens is 5. The van der Waals surface area contributed by atoms with Gasteiger partial charge in [-0.05, 0) is 19.4 Å². The van der Waals surface area contributed by atoms with Gasteiger partial charge in [0.05, 0.1) is 30.0 Å². The standard InChI is InChI=1S/C18H18N6O2S/c1-4-12-14(27-16(22-12)15-19-6-5-7-20-15)18(26)24-8-11-13(9-24)21-10(2)23(3)17(11)25/h5-7H,4,8-9H2,1-3H3. The van der Waals surface area contributed by atoms with E-state index in [0.717, 1.165) is 5.69 Å². The van der Waals surface area contributed by atoms with Gasteiger partial charge in [0.25, 0.3) is 11.5 Å². The van der Waals surface area contributed by atoms with Crippen LogP contribution in [0.1, 0.15) is 39.4 Å². The average molecular weight is 382 g/mol. The van der Waals surface area contributed by atoms with E-state index in [0.29, 0.717) is 45.8 Å². The molecule has 3 aromatic rings. The number of thiazole rings is 1. The van der Waals surface area contributed by atoms with Crippen LogP contribution in [0.15, 0.2) is 23.3 Å². The molecule has 0 saturated carbocycles. The van der Waals surface area contributed by atoms with Crippen molar-refractivity contribution in [2.45, 2.75) is 33.4 Å². The molecule has 8 nitrogen and oxygen atoms in total. The Kier molecular flexibility index (Phi) is 4.31. The zero-order chi connectivity index (χ0) is 19.1. The number of rotatable bonds is 3. The number of fused-ring (bicyclic) bond motifs is 1. The minimum Gasteiger partial charge on any atom is -0.327 e. The summed E-state index contributed by atoms with van der Waals surface area (Å²) in [6, 6.07) is 1.74. The van der Waals surface area contributed by atoms with Crippen LogP contribution < -0.4 is 5.56 Å². The Morgan fingerprint density at radius 3 is 2.67 bits per heavy atom. The molecule has 0 fully saturated rings. The molecule has 4 rings (SSSR count). The van der Waals surface area contributed by atoms with Crippen molar-refractivity contribution < 1.29 is 4.79 Å². The van der Waals surface area contributed by atoms with Gasteiger partial charge in [-0.25, -0.2) is 19.9 Å². The van der Waals surface area contributed by atoms with Gasteiger partial charge in [-0.15, -0.1) is 11.3 Å². The molecule has 138 valence electrons. The van der Waals surface area contributed by atoms with Gasteiger partial charge < -0.3 is 4.90 Å². The predicted molar refractivity (Wildman–Crippen MR) is 100 cm³/mol. The first-order chi connectivity index (χ1) is 13.0. The Morgan fingerprint density at radius 2 is 1.96 bits per heavy atom. The molecule has 0 bridgehead atoms. The maximum absolute atomic E-state index is 13.1. The van der Waals surface area contributed by atoms with Crippen LogP contribution in [0.2, 0.25) is 0 Å². The Bertz CT molecular complexity index is 1090. The van der Waals surface area contributed by atoms with Gasteiger partial charge in [-0.3, -0.25) is 14.2 Å². The largest absolute Gasteiger partial charge is 0.327 e. The lowest BCUT2D eigenvalue weighted by Crippen LogP contribution is -2.27. The van der Waals surface area contributed by atoms with Crippen LogP contribution in [0.4, 0.5) is 0 Å². The number of carbonyl (C=O) groups excluding carboxylic acids is 1. The van der Waals surface area contributed by atoms with E-state index in [1.807, 2.05) is 6.92 Å². The van der Waals surface area contributed by atoms with Crippen LogP contribution in [-0.2, 0) is 26.6 Å². The van der Waals surface area contributed by atoms with E-state index in [-0.39, 0.29) is 18.0 Å². The highest BCUT2D eigenvalue weighted by molar-refractivity contribution is 7.17. The fraction of sp³-hybridized carbons (Fsp3) is 0.333. The molecule has 0 aliphatic carbocycles. The molecule has 1 aliphatic heterocycles. The predicted octanol–water partition coefficient (Wildman–Crippen LogP) is 1.72. The fourth-order valence-electron chi connectivity index (χ4n) is 3.08. The van der Waals surface area contributed by atoms with E-state index >= 15 is 0 Å². The topological polar surface area (TPSA) is 93.9 Å². The van der Waals surface area contributed by atoms with Crippen LogP contribution in [0.25, 0.3) is 10.8 Å². The van der Waals surface area contributed by atoms with Crippen LogP contribution in [0.5, 0.6) is 0 Å². The van der Waals surface area contributed by atoms with Crippen molar-refractivity contribution in [1.82, 2.24) is 29.4 Å². The van der Waals surface area contributed by atoms with Gasteiger partial charge in [0.1, 0.15) is 10.7 Å². The summed E-state index contributed by atoms with van der Waals surface area (Å²) in [6.07, 6.45) is 3.93. The second-order valence-electron chi connectivity index (χ2n) is 6.33. The van der Waals surface area contributed by atoms with Crippen LogP contribution in [0.3, 0.4) is 0 Å². The first-order valence-electron chi connectivity index (χ1n) is 8.61. The Hall–Kier alpha value is -2.94. The normalized spacial score (nSPS) is 13.1. The zero-order valence-corrected chi connectivity index (χ0v) is 16.1. The highest BCUT2D eigenvalue weighted by atomic mass is 32.1. The summed E-state index contributed by atoms with van der Waals surface area (Å²) in [4.78, 5) is 45.3.